The van der Waals surface area contributed by atoms with Gasteiger partial charge in [0.25, 0.3) is 0 Å². The molecule has 2 aromatic rings. The maximum Gasteiger partial charge on any atom is 0.317 e. The number of nitrogens with zero attached hydrogens (tertiary/aromatic N) is 3. The Balaban J connectivity index is 1.76. The summed E-state index contributed by atoms with van der Waals surface area (Å²) >= 11 is 5.83. The number of hydrogen-bond acceptors (Lipinski definition) is 5. The van der Waals surface area contributed by atoms with Crippen molar-refractivity contribution in [1.82, 2.24) is 19.5 Å². The number of hydrogen-bond donors (Lipinski definition) is 1. The topological polar surface area (TPSA) is 86.1 Å². The van der Waals surface area contributed by atoms with Crippen molar-refractivity contribution in [1.29, 1.82) is 0 Å². The molecule has 148 valence electrons. The van der Waals surface area contributed by atoms with Crippen LogP contribution in [0, 0.1) is 0 Å². The van der Waals surface area contributed by atoms with Gasteiger partial charge in [-0.2, -0.15) is 0 Å². The largest absolute Gasteiger partial charge is 0.460 e. The third-order valence-corrected chi connectivity index (χ3v) is 6.54. The first-order chi connectivity index (χ1) is 12.9. The highest BCUT2D eigenvalue weighted by atomic mass is 35.5. The van der Waals surface area contributed by atoms with Crippen LogP contribution >= 0.6 is 11.6 Å². The van der Waals surface area contributed by atoms with Crippen molar-refractivity contribution in [2.75, 3.05) is 0 Å². The van der Waals surface area contributed by atoms with Gasteiger partial charge in [-0.25, -0.2) is 13.1 Å². The molecule has 1 heterocycles. The monoisotopic (exact) mass is 412 g/mol. The summed E-state index contributed by atoms with van der Waals surface area (Å²) in [6.45, 7) is 4.30. The summed E-state index contributed by atoms with van der Waals surface area (Å²) in [5, 5.41) is 8.82. The van der Waals surface area contributed by atoms with Crippen LogP contribution in [0.4, 0.5) is 0 Å². The van der Waals surface area contributed by atoms with E-state index in [1.165, 1.54) is 18.6 Å². The SMILES string of the molecule is CCn1c(OC2CCCCC2)nnc1[C@@H](C)NS(=O)(=O)c1ccc(Cl)cc1. The van der Waals surface area contributed by atoms with Crippen molar-refractivity contribution < 1.29 is 13.2 Å². The predicted molar refractivity (Wildman–Crippen MR) is 103 cm³/mol. The Kier molecular flexibility index (Phi) is 6.39. The molecule has 1 N–H and O–H groups in total. The van der Waals surface area contributed by atoms with Crippen LogP contribution in [0.3, 0.4) is 0 Å². The van der Waals surface area contributed by atoms with Crippen LogP contribution in [0.1, 0.15) is 57.8 Å². The minimum absolute atomic E-state index is 0.153. The van der Waals surface area contributed by atoms with Crippen LogP contribution in [-0.4, -0.2) is 29.3 Å². The van der Waals surface area contributed by atoms with Crippen molar-refractivity contribution in [3.05, 3.63) is 35.1 Å². The Bertz CT molecular complexity index is 861. The van der Waals surface area contributed by atoms with Gasteiger partial charge in [-0.15, -0.1) is 5.10 Å². The Morgan fingerprint density at radius 3 is 2.52 bits per heavy atom. The van der Waals surface area contributed by atoms with Crippen LogP contribution in [-0.2, 0) is 16.6 Å². The number of benzene rings is 1. The van der Waals surface area contributed by atoms with Crippen molar-refractivity contribution in [2.24, 2.45) is 0 Å². The zero-order chi connectivity index (χ0) is 19.4. The highest BCUT2D eigenvalue weighted by Gasteiger charge is 2.25. The van der Waals surface area contributed by atoms with Crippen LogP contribution < -0.4 is 9.46 Å². The summed E-state index contributed by atoms with van der Waals surface area (Å²) in [5.74, 6) is 0.529. The molecule has 1 aromatic heterocycles. The fraction of sp³-hybridized carbons (Fsp3) is 0.556. The van der Waals surface area contributed by atoms with Gasteiger partial charge in [0, 0.05) is 11.6 Å². The zero-order valence-corrected chi connectivity index (χ0v) is 17.1. The zero-order valence-electron chi connectivity index (χ0n) is 15.6. The lowest BCUT2D eigenvalue weighted by Gasteiger charge is -2.22. The molecular weight excluding hydrogens is 388 g/mol. The van der Waals surface area contributed by atoms with Crippen LogP contribution in [0.15, 0.2) is 29.2 Å². The highest BCUT2D eigenvalue weighted by Crippen LogP contribution is 2.25. The van der Waals surface area contributed by atoms with Gasteiger partial charge in [-0.1, -0.05) is 23.1 Å². The molecule has 0 spiro atoms. The van der Waals surface area contributed by atoms with E-state index < -0.39 is 16.1 Å². The molecule has 0 aliphatic heterocycles. The number of nitrogens with one attached hydrogen (secondary N) is 1. The van der Waals surface area contributed by atoms with Crippen LogP contribution in [0.5, 0.6) is 6.01 Å². The molecule has 0 saturated heterocycles. The van der Waals surface area contributed by atoms with E-state index in [4.69, 9.17) is 16.3 Å². The first kappa shape index (κ1) is 20.1. The van der Waals surface area contributed by atoms with Gasteiger partial charge in [0.1, 0.15) is 6.10 Å². The molecule has 1 aromatic carbocycles. The second-order valence-electron chi connectivity index (χ2n) is 6.76. The van der Waals surface area contributed by atoms with Crippen molar-refractivity contribution in [2.45, 2.75) is 69.5 Å². The number of halogens is 1. The fourth-order valence-corrected chi connectivity index (χ4v) is 4.63. The summed E-state index contributed by atoms with van der Waals surface area (Å²) in [6.07, 6.45) is 5.76. The maximum absolute atomic E-state index is 12.6. The highest BCUT2D eigenvalue weighted by molar-refractivity contribution is 7.89. The fourth-order valence-electron chi connectivity index (χ4n) is 3.30. The van der Waals surface area contributed by atoms with E-state index >= 15 is 0 Å². The Morgan fingerprint density at radius 1 is 1.22 bits per heavy atom. The Hall–Kier alpha value is -1.64. The number of ether oxygens (including phenoxy) is 1. The molecule has 0 radical (unpaired) electrons. The third-order valence-electron chi connectivity index (χ3n) is 4.73. The number of sulfonamides is 1. The molecule has 0 unspecified atom stereocenters. The summed E-state index contributed by atoms with van der Waals surface area (Å²) in [4.78, 5) is 0.153. The molecule has 1 fully saturated rings. The molecule has 7 nitrogen and oxygen atoms in total. The first-order valence-corrected chi connectivity index (χ1v) is 11.1. The van der Waals surface area contributed by atoms with Crippen molar-refractivity contribution in [3.63, 3.8) is 0 Å². The predicted octanol–water partition coefficient (Wildman–Crippen LogP) is 3.70. The van der Waals surface area contributed by atoms with Crippen molar-refractivity contribution in [3.8, 4) is 6.01 Å². The van der Waals surface area contributed by atoms with E-state index in [2.05, 4.69) is 14.9 Å². The van der Waals surface area contributed by atoms with Gasteiger partial charge >= 0.3 is 6.01 Å². The van der Waals surface area contributed by atoms with E-state index in [0.29, 0.717) is 23.4 Å². The molecule has 9 heteroatoms. The summed E-state index contributed by atoms with van der Waals surface area (Å²) in [5.41, 5.74) is 0. The lowest BCUT2D eigenvalue weighted by Crippen LogP contribution is -2.29. The molecule has 1 atom stereocenters. The average molecular weight is 413 g/mol. The van der Waals surface area contributed by atoms with Gasteiger partial charge in [0.2, 0.25) is 10.0 Å². The minimum atomic E-state index is -3.70. The summed E-state index contributed by atoms with van der Waals surface area (Å²) in [7, 11) is -3.70. The van der Waals surface area contributed by atoms with Gasteiger partial charge in [-0.3, -0.25) is 4.57 Å². The van der Waals surface area contributed by atoms with Gasteiger partial charge in [-0.05, 0) is 63.8 Å². The van der Waals surface area contributed by atoms with E-state index in [-0.39, 0.29) is 11.0 Å². The lowest BCUT2D eigenvalue weighted by atomic mass is 9.98. The molecule has 0 bridgehead atoms. The van der Waals surface area contributed by atoms with Gasteiger partial charge < -0.3 is 4.74 Å². The maximum atomic E-state index is 12.6. The Labute approximate surface area is 165 Å². The van der Waals surface area contributed by atoms with Crippen LogP contribution in [0.25, 0.3) is 0 Å². The van der Waals surface area contributed by atoms with E-state index in [1.807, 2.05) is 11.5 Å². The second kappa shape index (κ2) is 8.58. The number of rotatable bonds is 7. The molecule has 3 rings (SSSR count). The number of aromatic nitrogens is 3. The van der Waals surface area contributed by atoms with E-state index in [9.17, 15) is 8.42 Å². The normalized spacial score (nSPS) is 17.0. The van der Waals surface area contributed by atoms with Crippen molar-refractivity contribution >= 4 is 21.6 Å². The molecular formula is C18H25ClN4O3S. The molecule has 0 amide bonds. The summed E-state index contributed by atoms with van der Waals surface area (Å²) in [6, 6.07) is 5.94. The molecule has 27 heavy (non-hydrogen) atoms. The first-order valence-electron chi connectivity index (χ1n) is 9.28. The standard InChI is InChI=1S/C18H25ClN4O3S/c1-3-23-17(20-21-18(23)26-15-7-5-4-6-8-15)13(2)22-27(24,25)16-11-9-14(19)10-12-16/h9-13,15,22H,3-8H2,1-2H3/t13-/m1/s1. The van der Waals surface area contributed by atoms with E-state index in [0.717, 1.165) is 25.7 Å². The third kappa shape index (κ3) is 4.80. The molecule has 1 aliphatic rings. The second-order valence-corrected chi connectivity index (χ2v) is 8.91. The Morgan fingerprint density at radius 2 is 1.89 bits per heavy atom. The smallest absolute Gasteiger partial charge is 0.317 e. The molecule has 1 aliphatic carbocycles. The lowest BCUT2D eigenvalue weighted by molar-refractivity contribution is 0.135. The summed E-state index contributed by atoms with van der Waals surface area (Å²) < 4.78 is 35.7. The van der Waals surface area contributed by atoms with E-state index in [1.54, 1.807) is 19.1 Å². The van der Waals surface area contributed by atoms with Gasteiger partial charge in [0.15, 0.2) is 5.82 Å². The van der Waals surface area contributed by atoms with Crippen LogP contribution in [0.2, 0.25) is 5.02 Å². The average Bonchev–Trinajstić information content (AvgIpc) is 3.05. The van der Waals surface area contributed by atoms with Gasteiger partial charge in [0.05, 0.1) is 10.9 Å². The quantitative estimate of drug-likeness (QED) is 0.749. The minimum Gasteiger partial charge on any atom is -0.460 e. The molecule has 1 saturated carbocycles.